The summed E-state index contributed by atoms with van der Waals surface area (Å²) in [6.07, 6.45) is -0.202. The molecule has 0 spiro atoms. The number of nitrogens with zero attached hydrogens (tertiary/aromatic N) is 1. The fourth-order valence-electron chi connectivity index (χ4n) is 2.25. The minimum Gasteiger partial charge on any atom is -0.490 e. The van der Waals surface area contributed by atoms with Gasteiger partial charge in [0.2, 0.25) is 0 Å². The average molecular weight is 382 g/mol. The Morgan fingerprint density at radius 1 is 1.07 bits per heavy atom. The summed E-state index contributed by atoms with van der Waals surface area (Å²) in [5.74, 6) is -0.270. The predicted molar refractivity (Wildman–Crippen MR) is 103 cm³/mol. The summed E-state index contributed by atoms with van der Waals surface area (Å²) in [5, 5.41) is 11.6. The SMILES string of the molecule is CCCOc1ccccc1OCC(=O)O[C@H](C)C(=O)Nc1ccccc1C#N. The van der Waals surface area contributed by atoms with Crippen LogP contribution in [0.3, 0.4) is 0 Å². The number of para-hydroxylation sites is 3. The van der Waals surface area contributed by atoms with Crippen molar-refractivity contribution >= 4 is 17.6 Å². The Kier molecular flexibility index (Phi) is 7.85. The maximum Gasteiger partial charge on any atom is 0.344 e. The van der Waals surface area contributed by atoms with E-state index in [2.05, 4.69) is 5.32 Å². The van der Waals surface area contributed by atoms with Crippen molar-refractivity contribution in [2.24, 2.45) is 0 Å². The fraction of sp³-hybridized carbons (Fsp3) is 0.286. The number of esters is 1. The lowest BCUT2D eigenvalue weighted by Crippen LogP contribution is -2.31. The Morgan fingerprint density at radius 2 is 1.71 bits per heavy atom. The molecule has 2 rings (SSSR count). The van der Waals surface area contributed by atoms with Gasteiger partial charge in [0.1, 0.15) is 6.07 Å². The summed E-state index contributed by atoms with van der Waals surface area (Å²) in [4.78, 5) is 24.2. The first kappa shape index (κ1) is 20.8. The quantitative estimate of drug-likeness (QED) is 0.668. The fourth-order valence-corrected chi connectivity index (χ4v) is 2.25. The van der Waals surface area contributed by atoms with Gasteiger partial charge in [0.25, 0.3) is 5.91 Å². The molecule has 0 fully saturated rings. The van der Waals surface area contributed by atoms with Crippen molar-refractivity contribution in [3.8, 4) is 17.6 Å². The van der Waals surface area contributed by atoms with Crippen molar-refractivity contribution < 1.29 is 23.8 Å². The molecule has 0 aromatic heterocycles. The van der Waals surface area contributed by atoms with Crippen LogP contribution < -0.4 is 14.8 Å². The molecular formula is C21H22N2O5. The van der Waals surface area contributed by atoms with Crippen LogP contribution in [-0.4, -0.2) is 31.2 Å². The molecule has 0 aliphatic heterocycles. The van der Waals surface area contributed by atoms with Gasteiger partial charge in [-0.15, -0.1) is 0 Å². The summed E-state index contributed by atoms with van der Waals surface area (Å²) in [5.41, 5.74) is 0.678. The number of hydrogen-bond donors (Lipinski definition) is 1. The summed E-state index contributed by atoms with van der Waals surface area (Å²) >= 11 is 0. The maximum absolute atomic E-state index is 12.2. The summed E-state index contributed by atoms with van der Waals surface area (Å²) in [7, 11) is 0. The lowest BCUT2D eigenvalue weighted by molar-refractivity contribution is -0.155. The first-order valence-electron chi connectivity index (χ1n) is 8.89. The molecule has 7 heteroatoms. The van der Waals surface area contributed by atoms with Gasteiger partial charge in [-0.05, 0) is 37.6 Å². The summed E-state index contributed by atoms with van der Waals surface area (Å²) in [6.45, 7) is 3.61. The zero-order chi connectivity index (χ0) is 20.4. The zero-order valence-electron chi connectivity index (χ0n) is 15.8. The number of hydrogen-bond acceptors (Lipinski definition) is 6. The van der Waals surface area contributed by atoms with Gasteiger partial charge >= 0.3 is 5.97 Å². The van der Waals surface area contributed by atoms with Crippen molar-refractivity contribution in [3.05, 3.63) is 54.1 Å². The number of nitriles is 1. The van der Waals surface area contributed by atoms with E-state index in [1.165, 1.54) is 6.92 Å². The molecule has 2 aromatic carbocycles. The van der Waals surface area contributed by atoms with Gasteiger partial charge in [-0.2, -0.15) is 5.26 Å². The number of nitrogens with one attached hydrogen (secondary N) is 1. The number of benzene rings is 2. The first-order valence-corrected chi connectivity index (χ1v) is 8.89. The second-order valence-corrected chi connectivity index (χ2v) is 5.86. The van der Waals surface area contributed by atoms with E-state index in [0.29, 0.717) is 29.4 Å². The zero-order valence-corrected chi connectivity index (χ0v) is 15.8. The Bertz CT molecular complexity index is 860. The monoisotopic (exact) mass is 382 g/mol. The van der Waals surface area contributed by atoms with Crippen LogP contribution in [0.4, 0.5) is 5.69 Å². The van der Waals surface area contributed by atoms with E-state index in [0.717, 1.165) is 6.42 Å². The molecule has 0 radical (unpaired) electrons. The van der Waals surface area contributed by atoms with Gasteiger partial charge in [0, 0.05) is 0 Å². The van der Waals surface area contributed by atoms with Crippen molar-refractivity contribution in [2.75, 3.05) is 18.5 Å². The van der Waals surface area contributed by atoms with E-state index in [-0.39, 0.29) is 6.61 Å². The molecule has 1 amide bonds. The molecular weight excluding hydrogens is 360 g/mol. The van der Waals surface area contributed by atoms with Crippen LogP contribution in [-0.2, 0) is 14.3 Å². The van der Waals surface area contributed by atoms with Crippen molar-refractivity contribution in [2.45, 2.75) is 26.4 Å². The highest BCUT2D eigenvalue weighted by Gasteiger charge is 2.19. The number of amides is 1. The molecule has 0 aliphatic carbocycles. The second kappa shape index (κ2) is 10.6. The molecule has 0 aliphatic rings. The molecule has 7 nitrogen and oxygen atoms in total. The van der Waals surface area contributed by atoms with Gasteiger partial charge < -0.3 is 19.5 Å². The maximum atomic E-state index is 12.2. The van der Waals surface area contributed by atoms with Gasteiger partial charge in [0.05, 0.1) is 17.9 Å². The van der Waals surface area contributed by atoms with Crippen LogP contribution in [0.2, 0.25) is 0 Å². The lowest BCUT2D eigenvalue weighted by atomic mass is 10.2. The van der Waals surface area contributed by atoms with Gasteiger partial charge in [-0.25, -0.2) is 4.79 Å². The molecule has 28 heavy (non-hydrogen) atoms. The van der Waals surface area contributed by atoms with E-state index in [1.807, 2.05) is 19.1 Å². The van der Waals surface area contributed by atoms with Crippen molar-refractivity contribution in [1.29, 1.82) is 5.26 Å². The van der Waals surface area contributed by atoms with E-state index in [9.17, 15) is 9.59 Å². The molecule has 0 heterocycles. The second-order valence-electron chi connectivity index (χ2n) is 5.86. The topological polar surface area (TPSA) is 97.7 Å². The molecule has 2 aromatic rings. The van der Waals surface area contributed by atoms with E-state index < -0.39 is 18.0 Å². The number of rotatable bonds is 9. The van der Waals surface area contributed by atoms with Crippen LogP contribution in [0.15, 0.2) is 48.5 Å². The number of carbonyl (C=O) groups is 2. The highest BCUT2D eigenvalue weighted by molar-refractivity contribution is 5.96. The van der Waals surface area contributed by atoms with Gasteiger partial charge in [-0.1, -0.05) is 31.2 Å². The smallest absolute Gasteiger partial charge is 0.344 e. The summed E-state index contributed by atoms with van der Waals surface area (Å²) in [6, 6.07) is 15.6. The predicted octanol–water partition coefficient (Wildman–Crippen LogP) is 3.30. The lowest BCUT2D eigenvalue weighted by Gasteiger charge is -2.15. The Hall–Kier alpha value is -3.53. The van der Waals surface area contributed by atoms with Crippen LogP contribution >= 0.6 is 0 Å². The Labute approximate surface area is 163 Å². The summed E-state index contributed by atoms with van der Waals surface area (Å²) < 4.78 is 16.1. The third kappa shape index (κ3) is 6.02. The highest BCUT2D eigenvalue weighted by Crippen LogP contribution is 2.26. The Morgan fingerprint density at radius 3 is 2.39 bits per heavy atom. The first-order chi connectivity index (χ1) is 13.5. The molecule has 1 N–H and O–H groups in total. The molecule has 146 valence electrons. The number of ether oxygens (including phenoxy) is 3. The van der Waals surface area contributed by atoms with Crippen LogP contribution in [0.25, 0.3) is 0 Å². The standard InChI is InChI=1S/C21H22N2O5/c1-3-12-26-18-10-6-7-11-19(18)27-14-20(24)28-15(2)21(25)23-17-9-5-4-8-16(17)13-22/h4-11,15H,3,12,14H2,1-2H3,(H,23,25)/t15-/m1/s1. The van der Waals surface area contributed by atoms with Crippen molar-refractivity contribution in [1.82, 2.24) is 0 Å². The van der Waals surface area contributed by atoms with E-state index in [4.69, 9.17) is 19.5 Å². The molecule has 0 bridgehead atoms. The average Bonchev–Trinajstić information content (AvgIpc) is 2.71. The van der Waals surface area contributed by atoms with E-state index >= 15 is 0 Å². The minimum absolute atomic E-state index is 0.321. The minimum atomic E-state index is -1.05. The third-order valence-electron chi connectivity index (χ3n) is 3.64. The van der Waals surface area contributed by atoms with Gasteiger partial charge in [-0.3, -0.25) is 4.79 Å². The molecule has 0 saturated carbocycles. The van der Waals surface area contributed by atoms with E-state index in [1.54, 1.807) is 42.5 Å². The largest absolute Gasteiger partial charge is 0.490 e. The highest BCUT2D eigenvalue weighted by atomic mass is 16.6. The number of anilines is 1. The normalized spacial score (nSPS) is 11.0. The number of carbonyl (C=O) groups excluding carboxylic acids is 2. The van der Waals surface area contributed by atoms with Crippen LogP contribution in [0.5, 0.6) is 11.5 Å². The Balaban J connectivity index is 1.87. The molecule has 1 atom stereocenters. The van der Waals surface area contributed by atoms with Crippen LogP contribution in [0, 0.1) is 11.3 Å². The molecule has 0 saturated heterocycles. The van der Waals surface area contributed by atoms with Crippen LogP contribution in [0.1, 0.15) is 25.8 Å². The molecule has 0 unspecified atom stereocenters. The third-order valence-corrected chi connectivity index (χ3v) is 3.64. The van der Waals surface area contributed by atoms with Gasteiger partial charge in [0.15, 0.2) is 24.2 Å². The van der Waals surface area contributed by atoms with Crippen molar-refractivity contribution in [3.63, 3.8) is 0 Å².